The maximum absolute atomic E-state index is 10.2. The molecule has 5 nitrogen and oxygen atoms in total. The molecule has 1 heterocycles. The number of rotatable bonds is 2. The molecule has 1 atom stereocenters. The highest BCUT2D eigenvalue weighted by Crippen LogP contribution is 2.08. The third kappa shape index (κ3) is 1.71. The molecule has 0 spiro atoms. The van der Waals surface area contributed by atoms with Gasteiger partial charge in [0.15, 0.2) is 6.10 Å². The largest absolute Gasteiger partial charge is 0.479 e. The molecule has 0 fully saturated rings. The molecule has 0 aromatic carbocycles. The Kier molecular flexibility index (Phi) is 2.12. The van der Waals surface area contributed by atoms with E-state index < -0.39 is 12.1 Å². The molecule has 0 radical (unpaired) electrons. The third-order valence-electron chi connectivity index (χ3n) is 1.16. The second-order valence-corrected chi connectivity index (χ2v) is 1.92. The standard InChI is InChI=1S/C6H6N2O3/c9-5(6(10)11)4-1-2-7-8-3-4/h1-3,5,9H,(H,10,11). The van der Waals surface area contributed by atoms with Crippen molar-refractivity contribution in [1.82, 2.24) is 10.2 Å². The number of carboxylic acid groups (broad SMARTS) is 1. The minimum Gasteiger partial charge on any atom is -0.479 e. The Morgan fingerprint density at radius 2 is 2.27 bits per heavy atom. The van der Waals surface area contributed by atoms with E-state index in [1.165, 1.54) is 18.5 Å². The fraction of sp³-hybridized carbons (Fsp3) is 0.167. The van der Waals surface area contributed by atoms with E-state index in [1.807, 2.05) is 0 Å². The lowest BCUT2D eigenvalue weighted by molar-refractivity contribution is -0.146. The van der Waals surface area contributed by atoms with E-state index >= 15 is 0 Å². The summed E-state index contributed by atoms with van der Waals surface area (Å²) in [6.07, 6.45) is 1.02. The van der Waals surface area contributed by atoms with Gasteiger partial charge in [0.05, 0.1) is 6.20 Å². The topological polar surface area (TPSA) is 83.3 Å². The number of aliphatic hydroxyl groups excluding tert-OH is 1. The summed E-state index contributed by atoms with van der Waals surface area (Å²) in [5, 5.41) is 24.1. The van der Waals surface area contributed by atoms with Crippen molar-refractivity contribution in [1.29, 1.82) is 0 Å². The molecule has 0 saturated heterocycles. The van der Waals surface area contributed by atoms with Crippen molar-refractivity contribution >= 4 is 5.97 Å². The van der Waals surface area contributed by atoms with E-state index in [4.69, 9.17) is 10.2 Å². The molecule has 1 unspecified atom stereocenters. The number of carbonyl (C=O) groups is 1. The number of hydrogen-bond donors (Lipinski definition) is 2. The van der Waals surface area contributed by atoms with Crippen molar-refractivity contribution in [2.24, 2.45) is 0 Å². The van der Waals surface area contributed by atoms with Crippen molar-refractivity contribution in [2.45, 2.75) is 6.10 Å². The van der Waals surface area contributed by atoms with Crippen molar-refractivity contribution in [3.8, 4) is 0 Å². The first-order valence-electron chi connectivity index (χ1n) is 2.89. The van der Waals surface area contributed by atoms with Crippen LogP contribution in [0.2, 0.25) is 0 Å². The van der Waals surface area contributed by atoms with Crippen molar-refractivity contribution in [3.05, 3.63) is 24.0 Å². The number of aliphatic hydroxyl groups is 1. The maximum Gasteiger partial charge on any atom is 0.337 e. The van der Waals surface area contributed by atoms with Gasteiger partial charge in [-0.3, -0.25) is 0 Å². The monoisotopic (exact) mass is 154 g/mol. The summed E-state index contributed by atoms with van der Waals surface area (Å²) in [5.74, 6) is -1.29. The van der Waals surface area contributed by atoms with Gasteiger partial charge in [-0.15, -0.1) is 0 Å². The second-order valence-electron chi connectivity index (χ2n) is 1.92. The number of aliphatic carboxylic acids is 1. The van der Waals surface area contributed by atoms with Gasteiger partial charge in [-0.25, -0.2) is 4.79 Å². The summed E-state index contributed by atoms with van der Waals surface area (Å²) in [6, 6.07) is 1.39. The average molecular weight is 154 g/mol. The summed E-state index contributed by atoms with van der Waals surface area (Å²) >= 11 is 0. The van der Waals surface area contributed by atoms with E-state index in [-0.39, 0.29) is 5.56 Å². The van der Waals surface area contributed by atoms with Crippen LogP contribution in [0.4, 0.5) is 0 Å². The molecule has 2 N–H and O–H groups in total. The Bertz CT molecular complexity index is 249. The Labute approximate surface area is 62.3 Å². The number of hydrogen-bond acceptors (Lipinski definition) is 4. The Morgan fingerprint density at radius 3 is 2.73 bits per heavy atom. The van der Waals surface area contributed by atoms with Crippen molar-refractivity contribution < 1.29 is 15.0 Å². The Hall–Kier alpha value is -1.49. The van der Waals surface area contributed by atoms with Gasteiger partial charge < -0.3 is 10.2 Å². The van der Waals surface area contributed by atoms with Gasteiger partial charge in [0.1, 0.15) is 0 Å². The average Bonchev–Trinajstić information content (AvgIpc) is 2.05. The van der Waals surface area contributed by atoms with E-state index in [1.54, 1.807) is 0 Å². The van der Waals surface area contributed by atoms with Gasteiger partial charge in [0, 0.05) is 11.8 Å². The molecule has 5 heteroatoms. The van der Waals surface area contributed by atoms with Crippen LogP contribution in [0.15, 0.2) is 18.5 Å². The lowest BCUT2D eigenvalue weighted by Crippen LogP contribution is -2.10. The molecular formula is C6H6N2O3. The predicted octanol–water partition coefficient (Wildman–Crippen LogP) is -0.405. The van der Waals surface area contributed by atoms with E-state index in [9.17, 15) is 4.79 Å². The number of aromatic nitrogens is 2. The van der Waals surface area contributed by atoms with Gasteiger partial charge >= 0.3 is 5.97 Å². The van der Waals surface area contributed by atoms with Crippen LogP contribution in [-0.4, -0.2) is 26.4 Å². The summed E-state index contributed by atoms with van der Waals surface area (Å²) in [5.41, 5.74) is 0.229. The predicted molar refractivity (Wildman–Crippen MR) is 34.6 cm³/mol. The minimum absolute atomic E-state index is 0.229. The number of nitrogens with zero attached hydrogens (tertiary/aromatic N) is 2. The SMILES string of the molecule is O=C(O)C(O)c1ccnnc1. The lowest BCUT2D eigenvalue weighted by atomic mass is 10.2. The molecule has 1 rings (SSSR count). The minimum atomic E-state index is -1.51. The lowest BCUT2D eigenvalue weighted by Gasteiger charge is -2.02. The molecule has 58 valence electrons. The van der Waals surface area contributed by atoms with Crippen molar-refractivity contribution in [3.63, 3.8) is 0 Å². The molecule has 0 amide bonds. The van der Waals surface area contributed by atoms with Crippen LogP contribution in [0, 0.1) is 0 Å². The first kappa shape index (κ1) is 7.62. The van der Waals surface area contributed by atoms with E-state index in [0.29, 0.717) is 0 Å². The molecule has 0 saturated carbocycles. The van der Waals surface area contributed by atoms with E-state index in [0.717, 1.165) is 0 Å². The molecule has 0 aliphatic rings. The Morgan fingerprint density at radius 1 is 1.55 bits per heavy atom. The molecule has 1 aromatic heterocycles. The first-order valence-corrected chi connectivity index (χ1v) is 2.89. The molecule has 0 aliphatic carbocycles. The van der Waals surface area contributed by atoms with Crippen LogP contribution < -0.4 is 0 Å². The highest BCUT2D eigenvalue weighted by Gasteiger charge is 2.15. The molecular weight excluding hydrogens is 148 g/mol. The van der Waals surface area contributed by atoms with Crippen LogP contribution in [0.1, 0.15) is 11.7 Å². The van der Waals surface area contributed by atoms with Crippen LogP contribution in [0.3, 0.4) is 0 Å². The van der Waals surface area contributed by atoms with Gasteiger partial charge in [-0.05, 0) is 6.07 Å². The normalized spacial score (nSPS) is 12.5. The molecule has 0 aliphatic heterocycles. The van der Waals surface area contributed by atoms with Gasteiger partial charge in [0.25, 0.3) is 0 Å². The van der Waals surface area contributed by atoms with Crippen molar-refractivity contribution in [2.75, 3.05) is 0 Å². The highest BCUT2D eigenvalue weighted by atomic mass is 16.4. The van der Waals surface area contributed by atoms with Crippen LogP contribution in [0.5, 0.6) is 0 Å². The highest BCUT2D eigenvalue weighted by molar-refractivity contribution is 5.73. The first-order chi connectivity index (χ1) is 5.22. The van der Waals surface area contributed by atoms with Gasteiger partial charge in [-0.1, -0.05) is 0 Å². The fourth-order valence-corrected chi connectivity index (χ4v) is 0.605. The van der Waals surface area contributed by atoms with Gasteiger partial charge in [-0.2, -0.15) is 10.2 Å². The summed E-state index contributed by atoms with van der Waals surface area (Å²) in [6.45, 7) is 0. The Balaban J connectivity index is 2.85. The summed E-state index contributed by atoms with van der Waals surface area (Å²) < 4.78 is 0. The quantitative estimate of drug-likeness (QED) is 0.605. The maximum atomic E-state index is 10.2. The smallest absolute Gasteiger partial charge is 0.337 e. The third-order valence-corrected chi connectivity index (χ3v) is 1.16. The van der Waals surface area contributed by atoms with E-state index in [2.05, 4.69) is 10.2 Å². The van der Waals surface area contributed by atoms with Crippen LogP contribution >= 0.6 is 0 Å². The second kappa shape index (κ2) is 3.07. The van der Waals surface area contributed by atoms with Crippen LogP contribution in [-0.2, 0) is 4.79 Å². The fourth-order valence-electron chi connectivity index (χ4n) is 0.605. The summed E-state index contributed by atoms with van der Waals surface area (Å²) in [7, 11) is 0. The zero-order valence-electron chi connectivity index (χ0n) is 5.51. The molecule has 11 heavy (non-hydrogen) atoms. The molecule has 1 aromatic rings. The van der Waals surface area contributed by atoms with Gasteiger partial charge in [0.2, 0.25) is 0 Å². The summed E-state index contributed by atoms with van der Waals surface area (Å²) in [4.78, 5) is 10.2. The number of carboxylic acids is 1. The zero-order chi connectivity index (χ0) is 8.27. The molecule has 0 bridgehead atoms. The van der Waals surface area contributed by atoms with Crippen LogP contribution in [0.25, 0.3) is 0 Å². The zero-order valence-corrected chi connectivity index (χ0v) is 5.51.